The Morgan fingerprint density at radius 3 is 0.922 bits per heavy atom. The summed E-state index contributed by atoms with van der Waals surface area (Å²) in [5, 5.41) is 0. The molecule has 0 bridgehead atoms. The normalized spacial score (nSPS) is 10.5. The van der Waals surface area contributed by atoms with Gasteiger partial charge in [-0.05, 0) is 117 Å². The van der Waals surface area contributed by atoms with Crippen LogP contribution < -0.4 is 34.0 Å². The van der Waals surface area contributed by atoms with E-state index in [-0.39, 0.29) is 118 Å². The van der Waals surface area contributed by atoms with Crippen LogP contribution in [-0.4, -0.2) is 115 Å². The summed E-state index contributed by atoms with van der Waals surface area (Å²) < 4.78 is 222. The fourth-order valence-corrected chi connectivity index (χ4v) is 11.5. The minimum Gasteiger partial charge on any atom is -1.00 e. The average molecular weight is 1350 g/mol. The SMILES string of the molecule is C[Si](C)(C)OS(C)(=O)=O.Fc1c[c-]cc(F)c1.Fc1c[c-]cc(F)c1.Fc1ccc([S+](c2ccc(F)cc2)c2cc(F)cc(F)c2)cc1.O=S(=O)(O)C(F)(F)F.O=S(c1ccc(F)cc1)c1ccc(F)cc1.[Br-].[Br-].[H-].[H-].[Mg+2].[Mg+2].[Mg+2]. The van der Waals surface area contributed by atoms with E-state index in [9.17, 15) is 69.7 Å². The molecular formula is C47H40Br2F13Mg3O7S4Si+. The Morgan fingerprint density at radius 1 is 0.481 bits per heavy atom. The van der Waals surface area contributed by atoms with Gasteiger partial charge in [-0.25, -0.2) is 39.0 Å². The van der Waals surface area contributed by atoms with Gasteiger partial charge in [0.05, 0.1) is 28.0 Å². The van der Waals surface area contributed by atoms with Gasteiger partial charge in [0.2, 0.25) is 8.32 Å². The van der Waals surface area contributed by atoms with Crippen LogP contribution in [-0.2, 0) is 45.8 Å². The average Bonchev–Trinajstić information content (AvgIpc) is 3.24. The van der Waals surface area contributed by atoms with E-state index in [1.807, 2.05) is 19.6 Å². The molecule has 0 aliphatic heterocycles. The van der Waals surface area contributed by atoms with Crippen LogP contribution in [0.4, 0.5) is 57.1 Å². The summed E-state index contributed by atoms with van der Waals surface area (Å²) in [6.07, 6.45) is 1.07. The van der Waals surface area contributed by atoms with Gasteiger partial charge in [-0.15, -0.1) is 36.4 Å². The van der Waals surface area contributed by atoms with E-state index in [1.165, 1.54) is 84.9 Å². The zero-order valence-electron chi connectivity index (χ0n) is 42.3. The van der Waals surface area contributed by atoms with Crippen molar-refractivity contribution in [3.8, 4) is 0 Å². The molecule has 0 aliphatic carbocycles. The van der Waals surface area contributed by atoms with Gasteiger partial charge in [0, 0.05) is 51.3 Å². The first-order chi connectivity index (χ1) is 33.2. The molecule has 0 heterocycles. The molecule has 0 atom stereocenters. The summed E-state index contributed by atoms with van der Waals surface area (Å²) >= 11 is 0. The van der Waals surface area contributed by atoms with E-state index >= 15 is 0 Å². The Kier molecular flexibility index (Phi) is 40.1. The number of alkyl halides is 3. The van der Waals surface area contributed by atoms with Crippen molar-refractivity contribution < 1.29 is 123 Å². The summed E-state index contributed by atoms with van der Waals surface area (Å²) in [4.78, 5) is 2.76. The van der Waals surface area contributed by atoms with Crippen LogP contribution in [0.3, 0.4) is 0 Å². The second kappa shape index (κ2) is 38.2. The van der Waals surface area contributed by atoms with Crippen molar-refractivity contribution >= 4 is 119 Å². The molecule has 0 radical (unpaired) electrons. The molecular weight excluding hydrogens is 1310 g/mol. The van der Waals surface area contributed by atoms with E-state index in [2.05, 4.69) is 12.1 Å². The van der Waals surface area contributed by atoms with Gasteiger partial charge in [-0.3, -0.25) is 22.1 Å². The predicted octanol–water partition coefficient (Wildman–Crippen LogP) is 6.28. The smallest absolute Gasteiger partial charge is 1.00 e. The molecule has 408 valence electrons. The molecule has 0 aliphatic rings. The van der Waals surface area contributed by atoms with Gasteiger partial charge in [0.15, 0.2) is 14.7 Å². The molecule has 0 saturated carbocycles. The molecule has 7 rings (SSSR count). The van der Waals surface area contributed by atoms with Crippen LogP contribution >= 0.6 is 0 Å². The van der Waals surface area contributed by atoms with Gasteiger partial charge in [-0.1, -0.05) is 0 Å². The van der Waals surface area contributed by atoms with E-state index in [0.717, 1.165) is 48.7 Å². The molecule has 0 aromatic heterocycles. The van der Waals surface area contributed by atoms with Gasteiger partial charge in [-0.2, -0.15) is 33.7 Å². The number of hydrogen-bond acceptors (Lipinski definition) is 6. The second-order valence-electron chi connectivity index (χ2n) is 14.6. The van der Waals surface area contributed by atoms with Crippen LogP contribution in [0.1, 0.15) is 2.85 Å². The molecule has 0 saturated heterocycles. The quantitative estimate of drug-likeness (QED) is 0.0500. The van der Waals surface area contributed by atoms with Crippen LogP contribution in [0, 0.1) is 70.3 Å². The first kappa shape index (κ1) is 80.9. The zero-order chi connectivity index (χ0) is 54.6. The number of halogens is 15. The fourth-order valence-electron chi connectivity index (χ4n) is 4.73. The Bertz CT molecular complexity index is 2890. The Hall–Kier alpha value is -2.57. The van der Waals surface area contributed by atoms with Gasteiger partial charge < -0.3 is 40.7 Å². The largest absolute Gasteiger partial charge is 2.00 e. The van der Waals surface area contributed by atoms with Crippen LogP contribution in [0.5, 0.6) is 0 Å². The minimum absolute atomic E-state index is 0. The molecule has 0 fully saturated rings. The van der Waals surface area contributed by atoms with Crippen molar-refractivity contribution in [1.82, 2.24) is 0 Å². The number of hydrogen-bond donors (Lipinski definition) is 1. The standard InChI is InChI=1S/C18H11F4S.C12H8F2OS.2C6H3F2.C4H12O3SSi.CHF3O3S.2BrH.3Mg.2H/c19-12-1-5-16(6-2-12)23(17-7-3-13(20)4-8-17)18-10-14(21)9-15(22)11-18;13-9-1-5-11(6-2-9)16(15)12-7-3-10(14)4-8-12;2*7-5-2-1-3-6(8)4-5;1-8(5,6)7-9(2,3)4;2-1(3,4)8(5,6)7;;;;;;;/h1-11H;1-8H;2*2-4H;1-4H3;(H,5,6,7);2*1H;;;;;/q+1;;2*-1;;;;;3*+2;2*-1/p-2. The van der Waals surface area contributed by atoms with Crippen molar-refractivity contribution in [2.45, 2.75) is 49.6 Å². The van der Waals surface area contributed by atoms with Crippen LogP contribution in [0.25, 0.3) is 0 Å². The summed E-state index contributed by atoms with van der Waals surface area (Å²) in [5.74, 6) is -5.31. The maximum atomic E-state index is 13.6. The van der Waals surface area contributed by atoms with Crippen molar-refractivity contribution in [1.29, 1.82) is 0 Å². The first-order valence-corrected chi connectivity index (χ1v) is 28.5. The third-order valence-electron chi connectivity index (χ3n) is 7.36. The zero-order valence-corrected chi connectivity index (χ0v) is 51.9. The Balaban J connectivity index is -0.000000211. The van der Waals surface area contributed by atoms with Gasteiger partial charge >= 0.3 is 84.8 Å². The van der Waals surface area contributed by atoms with Crippen LogP contribution in [0.15, 0.2) is 176 Å². The molecule has 1 N–H and O–H groups in total. The molecule has 0 amide bonds. The molecule has 0 spiro atoms. The van der Waals surface area contributed by atoms with Crippen LogP contribution in [0.2, 0.25) is 19.6 Å². The van der Waals surface area contributed by atoms with Crippen molar-refractivity contribution in [2.24, 2.45) is 0 Å². The van der Waals surface area contributed by atoms with E-state index in [1.54, 1.807) is 24.3 Å². The summed E-state index contributed by atoms with van der Waals surface area (Å²) in [6.45, 7) is 5.48. The monoisotopic (exact) mass is 1350 g/mol. The van der Waals surface area contributed by atoms with E-state index < -0.39 is 102 Å². The van der Waals surface area contributed by atoms with Gasteiger partial charge in [0.25, 0.3) is 10.1 Å². The molecule has 7 aromatic carbocycles. The Labute approximate surface area is 515 Å². The molecule has 7 nitrogen and oxygen atoms in total. The second-order valence-corrected chi connectivity index (χ2v) is 25.8. The van der Waals surface area contributed by atoms with E-state index in [0.29, 0.717) is 24.5 Å². The molecule has 77 heavy (non-hydrogen) atoms. The third-order valence-corrected chi connectivity index (χ3v) is 14.7. The van der Waals surface area contributed by atoms with E-state index in [4.69, 9.17) is 16.8 Å². The summed E-state index contributed by atoms with van der Waals surface area (Å²) in [7, 11) is -13.2. The van der Waals surface area contributed by atoms with Crippen molar-refractivity contribution in [3.05, 3.63) is 222 Å². The number of rotatable bonds is 7. The molecule has 0 unspecified atom stereocenters. The minimum atomic E-state index is -5.84. The Morgan fingerprint density at radius 2 is 0.727 bits per heavy atom. The van der Waals surface area contributed by atoms with Gasteiger partial charge in [0.1, 0.15) is 34.9 Å². The maximum absolute atomic E-state index is 13.6. The van der Waals surface area contributed by atoms with Crippen molar-refractivity contribution in [3.63, 3.8) is 0 Å². The molecule has 7 aromatic rings. The summed E-state index contributed by atoms with van der Waals surface area (Å²) in [6, 6.07) is 35.9. The number of benzene rings is 7. The molecule has 30 heteroatoms. The summed E-state index contributed by atoms with van der Waals surface area (Å²) in [5.41, 5.74) is -5.53. The third kappa shape index (κ3) is 34.4. The maximum Gasteiger partial charge on any atom is 2.00 e. The van der Waals surface area contributed by atoms with Crippen molar-refractivity contribution in [2.75, 3.05) is 6.26 Å². The first-order valence-electron chi connectivity index (χ1n) is 19.5. The topological polar surface area (TPSA) is 115 Å². The fraction of sp³-hybridized carbons (Fsp3) is 0.106. The predicted molar refractivity (Wildman–Crippen MR) is 266 cm³/mol.